The van der Waals surface area contributed by atoms with Crippen LogP contribution < -0.4 is 10.1 Å². The molecule has 0 radical (unpaired) electrons. The van der Waals surface area contributed by atoms with E-state index in [1.807, 2.05) is 20.2 Å². The second kappa shape index (κ2) is 7.49. The minimum absolute atomic E-state index is 0.563. The highest BCUT2D eigenvalue weighted by atomic mass is 16.5. The first-order valence-electron chi connectivity index (χ1n) is 7.15. The molecule has 0 aromatic carbocycles. The Kier molecular flexibility index (Phi) is 6.29. The van der Waals surface area contributed by atoms with Crippen molar-refractivity contribution in [3.8, 4) is 5.75 Å². The first kappa shape index (κ1) is 16.0. The smallest absolute Gasteiger partial charge is 0.128 e. The van der Waals surface area contributed by atoms with E-state index in [1.165, 1.54) is 12.0 Å². The van der Waals surface area contributed by atoms with Crippen molar-refractivity contribution in [2.45, 2.75) is 53.0 Å². The first-order chi connectivity index (χ1) is 8.99. The fourth-order valence-corrected chi connectivity index (χ4v) is 2.58. The van der Waals surface area contributed by atoms with Crippen LogP contribution in [-0.4, -0.2) is 25.2 Å². The number of aromatic nitrogens is 1. The molecule has 0 aliphatic heterocycles. The van der Waals surface area contributed by atoms with Crippen LogP contribution in [0, 0.1) is 19.8 Å². The number of hydrogen-bond acceptors (Lipinski definition) is 3. The maximum absolute atomic E-state index is 5.46. The molecule has 0 saturated heterocycles. The molecule has 1 unspecified atom stereocenters. The molecule has 1 aromatic heterocycles. The Balaban J connectivity index is 2.72. The summed E-state index contributed by atoms with van der Waals surface area (Å²) in [5.74, 6) is 1.70. The van der Waals surface area contributed by atoms with Gasteiger partial charge in [-0.05, 0) is 46.1 Å². The van der Waals surface area contributed by atoms with Crippen LogP contribution in [-0.2, 0) is 6.42 Å². The highest BCUT2D eigenvalue weighted by molar-refractivity contribution is 5.41. The molecule has 0 aliphatic rings. The van der Waals surface area contributed by atoms with Gasteiger partial charge in [0.15, 0.2) is 0 Å². The Morgan fingerprint density at radius 3 is 2.53 bits per heavy atom. The van der Waals surface area contributed by atoms with Crippen molar-refractivity contribution in [3.05, 3.63) is 23.0 Å². The lowest BCUT2D eigenvalue weighted by Crippen LogP contribution is -2.27. The summed E-state index contributed by atoms with van der Waals surface area (Å²) in [5, 5.41) is 3.40. The van der Waals surface area contributed by atoms with Gasteiger partial charge in [-0.15, -0.1) is 0 Å². The first-order valence-corrected chi connectivity index (χ1v) is 7.15. The Hall–Kier alpha value is -1.09. The Bertz CT molecular complexity index is 402. The molecule has 0 fully saturated rings. The predicted molar refractivity (Wildman–Crippen MR) is 80.9 cm³/mol. The van der Waals surface area contributed by atoms with Crippen LogP contribution in [0.3, 0.4) is 0 Å². The molecular weight excluding hydrogens is 236 g/mol. The fraction of sp³-hybridized carbons (Fsp3) is 0.688. The number of pyridine rings is 1. The molecule has 1 aromatic rings. The highest BCUT2D eigenvalue weighted by Gasteiger charge is 2.13. The monoisotopic (exact) mass is 264 g/mol. The molecule has 0 aliphatic carbocycles. The van der Waals surface area contributed by atoms with Crippen LogP contribution in [0.1, 0.15) is 43.5 Å². The van der Waals surface area contributed by atoms with E-state index in [9.17, 15) is 0 Å². The van der Waals surface area contributed by atoms with Crippen molar-refractivity contribution >= 4 is 0 Å². The van der Waals surface area contributed by atoms with Crippen LogP contribution in [0.2, 0.25) is 0 Å². The van der Waals surface area contributed by atoms with Crippen molar-refractivity contribution in [3.63, 3.8) is 0 Å². The molecule has 1 rings (SSSR count). The lowest BCUT2D eigenvalue weighted by atomic mass is 9.97. The zero-order chi connectivity index (χ0) is 14.4. The third-order valence-electron chi connectivity index (χ3n) is 3.64. The number of nitrogens with one attached hydrogen (secondary N) is 1. The number of rotatable bonds is 7. The number of nitrogens with zero attached hydrogens (tertiary/aromatic N) is 1. The van der Waals surface area contributed by atoms with Gasteiger partial charge in [0.05, 0.1) is 7.11 Å². The molecule has 0 spiro atoms. The fourth-order valence-electron chi connectivity index (χ4n) is 2.58. The zero-order valence-corrected chi connectivity index (χ0v) is 13.2. The largest absolute Gasteiger partial charge is 0.496 e. The van der Waals surface area contributed by atoms with Crippen LogP contribution in [0.4, 0.5) is 0 Å². The van der Waals surface area contributed by atoms with Gasteiger partial charge >= 0.3 is 0 Å². The average Bonchev–Trinajstić information content (AvgIpc) is 2.36. The average molecular weight is 264 g/mol. The van der Waals surface area contributed by atoms with Gasteiger partial charge < -0.3 is 10.1 Å². The van der Waals surface area contributed by atoms with E-state index in [4.69, 9.17) is 4.74 Å². The maximum atomic E-state index is 5.46. The van der Waals surface area contributed by atoms with Gasteiger partial charge in [-0.2, -0.15) is 0 Å². The van der Waals surface area contributed by atoms with E-state index in [1.54, 1.807) is 7.11 Å². The van der Waals surface area contributed by atoms with Crippen molar-refractivity contribution in [2.75, 3.05) is 14.2 Å². The minimum atomic E-state index is 0.563. The van der Waals surface area contributed by atoms with Crippen molar-refractivity contribution < 1.29 is 4.74 Å². The summed E-state index contributed by atoms with van der Waals surface area (Å²) in [5.41, 5.74) is 3.45. The van der Waals surface area contributed by atoms with Gasteiger partial charge in [0.1, 0.15) is 5.75 Å². The van der Waals surface area contributed by atoms with E-state index in [-0.39, 0.29) is 0 Å². The molecule has 19 heavy (non-hydrogen) atoms. The van der Waals surface area contributed by atoms with Gasteiger partial charge in [0.2, 0.25) is 0 Å². The summed E-state index contributed by atoms with van der Waals surface area (Å²) in [4.78, 5) is 4.56. The molecule has 0 saturated carbocycles. The maximum Gasteiger partial charge on any atom is 0.128 e. The third-order valence-corrected chi connectivity index (χ3v) is 3.64. The number of ether oxygens (including phenoxy) is 1. The van der Waals surface area contributed by atoms with E-state index in [0.717, 1.165) is 35.8 Å². The summed E-state index contributed by atoms with van der Waals surface area (Å²) in [7, 11) is 3.78. The van der Waals surface area contributed by atoms with Gasteiger partial charge in [0, 0.05) is 29.1 Å². The Morgan fingerprint density at radius 1 is 1.32 bits per heavy atom. The molecule has 0 amide bonds. The molecule has 1 atom stereocenters. The second-order valence-electron chi connectivity index (χ2n) is 5.70. The Morgan fingerprint density at radius 2 is 2.00 bits per heavy atom. The SMILES string of the molecule is CNC(CCc1ncc(C)c(OC)c1C)CC(C)C. The lowest BCUT2D eigenvalue weighted by Gasteiger charge is -2.19. The van der Waals surface area contributed by atoms with Gasteiger partial charge in [-0.3, -0.25) is 4.98 Å². The van der Waals surface area contributed by atoms with Crippen LogP contribution in [0.15, 0.2) is 6.20 Å². The molecular formula is C16H28N2O. The van der Waals surface area contributed by atoms with Crippen LogP contribution in [0.25, 0.3) is 0 Å². The predicted octanol–water partition coefficient (Wildman–Crippen LogP) is 3.27. The quantitative estimate of drug-likeness (QED) is 0.820. The van der Waals surface area contributed by atoms with Gasteiger partial charge in [0.25, 0.3) is 0 Å². The summed E-state index contributed by atoms with van der Waals surface area (Å²) >= 11 is 0. The van der Waals surface area contributed by atoms with Crippen molar-refractivity contribution in [1.82, 2.24) is 10.3 Å². The van der Waals surface area contributed by atoms with E-state index >= 15 is 0 Å². The minimum Gasteiger partial charge on any atom is -0.496 e. The van der Waals surface area contributed by atoms with Crippen LogP contribution >= 0.6 is 0 Å². The van der Waals surface area contributed by atoms with Gasteiger partial charge in [-0.25, -0.2) is 0 Å². The molecule has 1 N–H and O–H groups in total. The molecule has 3 nitrogen and oxygen atoms in total. The van der Waals surface area contributed by atoms with E-state index in [2.05, 4.69) is 31.1 Å². The van der Waals surface area contributed by atoms with E-state index in [0.29, 0.717) is 6.04 Å². The van der Waals surface area contributed by atoms with E-state index < -0.39 is 0 Å². The molecule has 0 bridgehead atoms. The molecule has 1 heterocycles. The summed E-state index contributed by atoms with van der Waals surface area (Å²) in [6.07, 6.45) is 5.24. The summed E-state index contributed by atoms with van der Waals surface area (Å²) in [6.45, 7) is 8.67. The highest BCUT2D eigenvalue weighted by Crippen LogP contribution is 2.25. The van der Waals surface area contributed by atoms with Crippen molar-refractivity contribution in [1.29, 1.82) is 0 Å². The Labute approximate surface area is 117 Å². The normalized spacial score (nSPS) is 12.8. The van der Waals surface area contributed by atoms with Gasteiger partial charge in [-0.1, -0.05) is 13.8 Å². The topological polar surface area (TPSA) is 34.2 Å². The summed E-state index contributed by atoms with van der Waals surface area (Å²) < 4.78 is 5.46. The number of hydrogen-bond donors (Lipinski definition) is 1. The second-order valence-corrected chi connectivity index (χ2v) is 5.70. The lowest BCUT2D eigenvalue weighted by molar-refractivity contribution is 0.403. The zero-order valence-electron chi connectivity index (χ0n) is 13.2. The molecule has 108 valence electrons. The third kappa shape index (κ3) is 4.50. The molecule has 3 heteroatoms. The summed E-state index contributed by atoms with van der Waals surface area (Å²) in [6, 6.07) is 0.563. The van der Waals surface area contributed by atoms with Crippen LogP contribution in [0.5, 0.6) is 5.75 Å². The van der Waals surface area contributed by atoms with Crippen molar-refractivity contribution in [2.24, 2.45) is 5.92 Å². The number of aryl methyl sites for hydroxylation is 2. The number of methoxy groups -OCH3 is 1. The standard InChI is InChI=1S/C16H28N2O/c1-11(2)9-14(17-5)7-8-15-13(4)16(19-6)12(3)10-18-15/h10-11,14,17H,7-9H2,1-6H3.